The number of ether oxygens (including phenoxy) is 1. The fourth-order valence-corrected chi connectivity index (χ4v) is 5.10. The molecular formula is C28H32N2O. The van der Waals surface area contributed by atoms with Gasteiger partial charge in [-0.25, -0.2) is 0 Å². The molecule has 0 saturated heterocycles. The van der Waals surface area contributed by atoms with Crippen molar-refractivity contribution in [3.63, 3.8) is 0 Å². The Morgan fingerprint density at radius 3 is 2.45 bits per heavy atom. The van der Waals surface area contributed by atoms with Gasteiger partial charge in [0.15, 0.2) is 0 Å². The minimum Gasteiger partial charge on any atom is -0.478 e. The van der Waals surface area contributed by atoms with E-state index in [0.29, 0.717) is 6.73 Å². The van der Waals surface area contributed by atoms with Crippen LogP contribution in [0.4, 0.5) is 0 Å². The summed E-state index contributed by atoms with van der Waals surface area (Å²) < 4.78 is 8.66. The maximum absolute atomic E-state index is 6.26. The molecule has 3 heteroatoms. The van der Waals surface area contributed by atoms with Crippen LogP contribution in [-0.4, -0.2) is 17.8 Å². The zero-order valence-corrected chi connectivity index (χ0v) is 18.2. The lowest BCUT2D eigenvalue weighted by Gasteiger charge is -2.21. The number of nitrogens with zero attached hydrogens (tertiary/aromatic N) is 1. The maximum Gasteiger partial charge on any atom is 0.139 e. The lowest BCUT2D eigenvalue weighted by molar-refractivity contribution is 0.270. The van der Waals surface area contributed by atoms with E-state index in [-0.39, 0.29) is 0 Å². The maximum atomic E-state index is 6.26. The molecule has 0 amide bonds. The number of aromatic nitrogens is 1. The summed E-state index contributed by atoms with van der Waals surface area (Å²) in [5, 5.41) is 5.98. The molecule has 1 fully saturated rings. The SMILES string of the molecule is c1ccc(Cn2c3ccccc3c3c(OCNCCC4CCCCC4)cccc32)cc1. The van der Waals surface area contributed by atoms with Crippen molar-refractivity contribution >= 4 is 21.8 Å². The molecule has 160 valence electrons. The molecule has 1 N–H and O–H groups in total. The number of benzene rings is 3. The molecule has 5 rings (SSSR count). The highest BCUT2D eigenvalue weighted by molar-refractivity contribution is 6.11. The molecule has 0 bridgehead atoms. The first kappa shape index (κ1) is 20.1. The van der Waals surface area contributed by atoms with E-state index in [1.165, 1.54) is 65.9 Å². The highest BCUT2D eigenvalue weighted by atomic mass is 16.5. The van der Waals surface area contributed by atoms with E-state index >= 15 is 0 Å². The number of fused-ring (bicyclic) bond motifs is 3. The summed E-state index contributed by atoms with van der Waals surface area (Å²) >= 11 is 0. The Bertz CT molecular complexity index is 1130. The molecule has 0 aliphatic heterocycles. The molecule has 1 heterocycles. The Labute approximate surface area is 185 Å². The van der Waals surface area contributed by atoms with Crippen molar-refractivity contribution in [1.82, 2.24) is 9.88 Å². The van der Waals surface area contributed by atoms with Crippen LogP contribution in [0.3, 0.4) is 0 Å². The van der Waals surface area contributed by atoms with Crippen LogP contribution in [0.1, 0.15) is 44.1 Å². The second-order valence-electron chi connectivity index (χ2n) is 8.82. The molecule has 0 radical (unpaired) electrons. The molecule has 31 heavy (non-hydrogen) atoms. The highest BCUT2D eigenvalue weighted by Crippen LogP contribution is 2.36. The van der Waals surface area contributed by atoms with Crippen LogP contribution in [0.2, 0.25) is 0 Å². The molecule has 1 aliphatic carbocycles. The minimum atomic E-state index is 0.560. The van der Waals surface area contributed by atoms with Gasteiger partial charge in [0.1, 0.15) is 12.5 Å². The van der Waals surface area contributed by atoms with E-state index in [1.54, 1.807) is 0 Å². The molecule has 1 aromatic heterocycles. The van der Waals surface area contributed by atoms with E-state index in [4.69, 9.17) is 4.74 Å². The normalized spacial score (nSPS) is 15.0. The predicted octanol–water partition coefficient (Wildman–Crippen LogP) is 6.74. The first-order chi connectivity index (χ1) is 15.4. The van der Waals surface area contributed by atoms with E-state index in [9.17, 15) is 0 Å². The van der Waals surface area contributed by atoms with Crippen molar-refractivity contribution < 1.29 is 4.74 Å². The zero-order valence-electron chi connectivity index (χ0n) is 18.2. The second-order valence-corrected chi connectivity index (χ2v) is 8.82. The van der Waals surface area contributed by atoms with Crippen LogP contribution in [0.25, 0.3) is 21.8 Å². The molecular weight excluding hydrogens is 380 g/mol. The Balaban J connectivity index is 1.35. The van der Waals surface area contributed by atoms with Gasteiger partial charge in [0.05, 0.1) is 5.52 Å². The van der Waals surface area contributed by atoms with E-state index in [1.807, 2.05) is 0 Å². The van der Waals surface area contributed by atoms with Crippen LogP contribution in [-0.2, 0) is 6.54 Å². The third-order valence-corrected chi connectivity index (χ3v) is 6.73. The van der Waals surface area contributed by atoms with E-state index < -0.39 is 0 Å². The lowest BCUT2D eigenvalue weighted by atomic mass is 9.87. The summed E-state index contributed by atoms with van der Waals surface area (Å²) in [7, 11) is 0. The van der Waals surface area contributed by atoms with Crippen molar-refractivity contribution in [1.29, 1.82) is 0 Å². The van der Waals surface area contributed by atoms with Crippen molar-refractivity contribution in [3.05, 3.63) is 78.4 Å². The Morgan fingerprint density at radius 1 is 0.806 bits per heavy atom. The van der Waals surface area contributed by atoms with Crippen molar-refractivity contribution in [3.8, 4) is 5.75 Å². The van der Waals surface area contributed by atoms with Gasteiger partial charge >= 0.3 is 0 Å². The fraction of sp³-hybridized carbons (Fsp3) is 0.357. The summed E-state index contributed by atoms with van der Waals surface area (Å²) in [6.45, 7) is 2.45. The van der Waals surface area contributed by atoms with Crippen LogP contribution in [0.5, 0.6) is 5.75 Å². The summed E-state index contributed by atoms with van der Waals surface area (Å²) in [4.78, 5) is 0. The van der Waals surface area contributed by atoms with E-state index in [0.717, 1.165) is 24.8 Å². The van der Waals surface area contributed by atoms with Crippen LogP contribution in [0, 0.1) is 5.92 Å². The number of nitrogens with one attached hydrogen (secondary N) is 1. The van der Waals surface area contributed by atoms with Crippen LogP contribution >= 0.6 is 0 Å². The molecule has 3 nitrogen and oxygen atoms in total. The number of rotatable bonds is 8. The third-order valence-electron chi connectivity index (χ3n) is 6.73. The minimum absolute atomic E-state index is 0.560. The van der Waals surface area contributed by atoms with Crippen LogP contribution in [0.15, 0.2) is 72.8 Å². The molecule has 3 aromatic carbocycles. The lowest BCUT2D eigenvalue weighted by Crippen LogP contribution is -2.23. The first-order valence-corrected chi connectivity index (χ1v) is 11.8. The van der Waals surface area contributed by atoms with Gasteiger partial charge in [-0.2, -0.15) is 0 Å². The largest absolute Gasteiger partial charge is 0.478 e. The Hall–Kier alpha value is -2.78. The molecule has 0 spiro atoms. The molecule has 0 atom stereocenters. The van der Waals surface area contributed by atoms with Gasteiger partial charge in [-0.15, -0.1) is 0 Å². The molecule has 0 unspecified atom stereocenters. The molecule has 4 aromatic rings. The van der Waals surface area contributed by atoms with Gasteiger partial charge in [0.2, 0.25) is 0 Å². The number of para-hydroxylation sites is 1. The Kier molecular flexibility index (Phi) is 6.22. The first-order valence-electron chi connectivity index (χ1n) is 11.8. The second kappa shape index (κ2) is 9.57. The number of hydrogen-bond donors (Lipinski definition) is 1. The fourth-order valence-electron chi connectivity index (χ4n) is 5.10. The monoisotopic (exact) mass is 412 g/mol. The average molecular weight is 413 g/mol. The van der Waals surface area contributed by atoms with Gasteiger partial charge in [0.25, 0.3) is 0 Å². The van der Waals surface area contributed by atoms with Gasteiger partial charge in [0, 0.05) is 22.8 Å². The molecule has 1 aliphatic rings. The third kappa shape index (κ3) is 4.47. The quantitative estimate of drug-likeness (QED) is 0.256. The summed E-state index contributed by atoms with van der Waals surface area (Å²) in [6, 6.07) is 25.8. The standard InChI is InChI=1S/C28H32N2O/c1-3-10-22(11-4-1)18-19-29-21-31-27-17-9-16-26-28(27)24-14-7-8-15-25(24)30(26)20-23-12-5-2-6-13-23/h2,5-9,12-17,22,29H,1,3-4,10-11,18-21H2. The van der Waals surface area contributed by atoms with Gasteiger partial charge in [-0.1, -0.05) is 86.7 Å². The highest BCUT2D eigenvalue weighted by Gasteiger charge is 2.15. The summed E-state index contributed by atoms with van der Waals surface area (Å²) in [5.41, 5.74) is 3.79. The predicted molar refractivity (Wildman–Crippen MR) is 130 cm³/mol. The topological polar surface area (TPSA) is 26.2 Å². The molecule has 1 saturated carbocycles. The van der Waals surface area contributed by atoms with Crippen molar-refractivity contribution in [2.75, 3.05) is 13.3 Å². The number of hydrogen-bond acceptors (Lipinski definition) is 2. The van der Waals surface area contributed by atoms with Gasteiger partial charge < -0.3 is 9.30 Å². The smallest absolute Gasteiger partial charge is 0.139 e. The summed E-state index contributed by atoms with van der Waals surface area (Å²) in [6.07, 6.45) is 8.33. The zero-order chi connectivity index (χ0) is 20.9. The Morgan fingerprint density at radius 2 is 1.58 bits per heavy atom. The van der Waals surface area contributed by atoms with Crippen molar-refractivity contribution in [2.24, 2.45) is 5.92 Å². The summed E-state index contributed by atoms with van der Waals surface area (Å²) in [5.74, 6) is 1.87. The van der Waals surface area contributed by atoms with Crippen LogP contribution < -0.4 is 10.1 Å². The van der Waals surface area contributed by atoms with Gasteiger partial charge in [-0.3, -0.25) is 5.32 Å². The average Bonchev–Trinajstić information content (AvgIpc) is 3.15. The van der Waals surface area contributed by atoms with Crippen molar-refractivity contribution in [2.45, 2.75) is 45.1 Å². The van der Waals surface area contributed by atoms with E-state index in [2.05, 4.69) is 82.7 Å². The van der Waals surface area contributed by atoms with Gasteiger partial charge in [-0.05, 0) is 42.6 Å².